The molecule has 7 nitrogen and oxygen atoms in total. The average Bonchev–Trinajstić information content (AvgIpc) is 3.59. The Kier molecular flexibility index (Phi) is 6.75. The number of alkyl carbamates (subject to hydrolysis) is 1. The molecule has 0 radical (unpaired) electrons. The number of carbonyl (C=O) groups is 3. The Morgan fingerprint density at radius 1 is 0.857 bits per heavy atom. The standard InChI is InChI=1S/C28H32N2O5/c31-26(30-25-14-6-13-23(25)27(32)33)18-12-5-7-17(18)15-29-28(34)35-16-24-21-10-3-1-8-19(21)20-9-2-4-11-22(20)24/h1-4,8-11,17-18,23-25H,5-7,12-16H2,(H,29,34)(H,30,31)(H,32,33). The predicted octanol–water partition coefficient (Wildman–Crippen LogP) is 4.31. The highest BCUT2D eigenvalue weighted by atomic mass is 16.5. The first kappa shape index (κ1) is 23.4. The number of carboxylic acids is 1. The molecule has 0 spiro atoms. The van der Waals surface area contributed by atoms with Gasteiger partial charge in [-0.2, -0.15) is 0 Å². The Labute approximate surface area is 205 Å². The number of hydrogen-bond donors (Lipinski definition) is 3. The highest BCUT2D eigenvalue weighted by Crippen LogP contribution is 2.44. The molecule has 2 aromatic rings. The van der Waals surface area contributed by atoms with Crippen molar-refractivity contribution in [1.29, 1.82) is 0 Å². The fraction of sp³-hybridized carbons (Fsp3) is 0.464. The SMILES string of the molecule is O=C(NCC1CCCC1C(=O)NC1CCCC1C(=O)O)OCC1c2ccccc2-c2ccccc21. The lowest BCUT2D eigenvalue weighted by Gasteiger charge is -2.24. The molecule has 0 bridgehead atoms. The van der Waals surface area contributed by atoms with E-state index in [1.807, 2.05) is 24.3 Å². The van der Waals surface area contributed by atoms with Crippen LogP contribution in [-0.4, -0.2) is 42.3 Å². The quantitative estimate of drug-likeness (QED) is 0.552. The van der Waals surface area contributed by atoms with Crippen LogP contribution in [0.2, 0.25) is 0 Å². The fourth-order valence-electron chi connectivity index (χ4n) is 6.21. The maximum atomic E-state index is 12.9. The molecule has 7 heteroatoms. The van der Waals surface area contributed by atoms with Gasteiger partial charge in [-0.05, 0) is 53.9 Å². The third-order valence-electron chi connectivity index (χ3n) is 8.01. The zero-order chi connectivity index (χ0) is 24.4. The largest absolute Gasteiger partial charge is 0.481 e. The van der Waals surface area contributed by atoms with Crippen LogP contribution in [0.1, 0.15) is 55.6 Å². The summed E-state index contributed by atoms with van der Waals surface area (Å²) >= 11 is 0. The topological polar surface area (TPSA) is 105 Å². The van der Waals surface area contributed by atoms with Crippen LogP contribution in [0.25, 0.3) is 11.1 Å². The van der Waals surface area contributed by atoms with Crippen LogP contribution < -0.4 is 10.6 Å². The van der Waals surface area contributed by atoms with Crippen molar-refractivity contribution < 1.29 is 24.2 Å². The lowest BCUT2D eigenvalue weighted by molar-refractivity contribution is -0.142. The monoisotopic (exact) mass is 476 g/mol. The highest BCUT2D eigenvalue weighted by molar-refractivity contribution is 5.81. The molecule has 0 saturated heterocycles. The van der Waals surface area contributed by atoms with Crippen molar-refractivity contribution >= 4 is 18.0 Å². The molecule has 2 amide bonds. The molecule has 4 unspecified atom stereocenters. The van der Waals surface area contributed by atoms with Gasteiger partial charge < -0.3 is 20.5 Å². The number of fused-ring (bicyclic) bond motifs is 3. The van der Waals surface area contributed by atoms with Crippen molar-refractivity contribution in [3.8, 4) is 11.1 Å². The van der Waals surface area contributed by atoms with Gasteiger partial charge >= 0.3 is 12.1 Å². The van der Waals surface area contributed by atoms with Crippen LogP contribution in [-0.2, 0) is 14.3 Å². The third kappa shape index (κ3) is 4.77. The van der Waals surface area contributed by atoms with Gasteiger partial charge in [0, 0.05) is 24.4 Å². The second-order valence-electron chi connectivity index (χ2n) is 9.99. The maximum absolute atomic E-state index is 12.9. The summed E-state index contributed by atoms with van der Waals surface area (Å²) in [5.74, 6) is -1.60. The first-order valence-corrected chi connectivity index (χ1v) is 12.6. The smallest absolute Gasteiger partial charge is 0.407 e. The molecule has 3 aliphatic carbocycles. The van der Waals surface area contributed by atoms with Gasteiger partial charge in [-0.3, -0.25) is 9.59 Å². The van der Waals surface area contributed by atoms with Crippen molar-refractivity contribution in [3.05, 3.63) is 59.7 Å². The number of rotatable bonds is 7. The van der Waals surface area contributed by atoms with Gasteiger partial charge in [0.2, 0.25) is 5.91 Å². The van der Waals surface area contributed by atoms with Crippen LogP contribution in [0.3, 0.4) is 0 Å². The number of hydrogen-bond acceptors (Lipinski definition) is 4. The van der Waals surface area contributed by atoms with E-state index in [-0.39, 0.29) is 36.3 Å². The minimum atomic E-state index is -0.840. The number of amides is 2. The lowest BCUT2D eigenvalue weighted by atomic mass is 9.94. The summed E-state index contributed by atoms with van der Waals surface area (Å²) in [6.45, 7) is 0.633. The van der Waals surface area contributed by atoms with Gasteiger partial charge in [0.25, 0.3) is 0 Å². The summed E-state index contributed by atoms with van der Waals surface area (Å²) in [5, 5.41) is 15.2. The zero-order valence-corrected chi connectivity index (χ0v) is 19.7. The summed E-state index contributed by atoms with van der Waals surface area (Å²) in [6.07, 6.45) is 4.19. The number of nitrogens with one attached hydrogen (secondary N) is 2. The summed E-state index contributed by atoms with van der Waals surface area (Å²) in [4.78, 5) is 36.9. The molecule has 0 heterocycles. The van der Waals surface area contributed by atoms with E-state index < -0.39 is 18.0 Å². The van der Waals surface area contributed by atoms with E-state index in [2.05, 4.69) is 34.9 Å². The molecular formula is C28H32N2O5. The lowest BCUT2D eigenvalue weighted by Crippen LogP contribution is -2.45. The second kappa shape index (κ2) is 10.1. The van der Waals surface area contributed by atoms with E-state index in [4.69, 9.17) is 4.74 Å². The van der Waals surface area contributed by atoms with Crippen molar-refractivity contribution in [1.82, 2.24) is 10.6 Å². The number of aliphatic carboxylic acids is 1. The summed E-state index contributed by atoms with van der Waals surface area (Å²) < 4.78 is 5.63. The van der Waals surface area contributed by atoms with Crippen LogP contribution in [0, 0.1) is 17.8 Å². The number of ether oxygens (including phenoxy) is 1. The normalized spacial score (nSPS) is 25.0. The summed E-state index contributed by atoms with van der Waals surface area (Å²) in [7, 11) is 0. The first-order chi connectivity index (χ1) is 17.0. The molecule has 2 aromatic carbocycles. The molecular weight excluding hydrogens is 444 g/mol. The number of carboxylic acid groups (broad SMARTS) is 1. The van der Waals surface area contributed by atoms with Crippen LogP contribution >= 0.6 is 0 Å². The fourth-order valence-corrected chi connectivity index (χ4v) is 6.21. The van der Waals surface area contributed by atoms with E-state index in [0.29, 0.717) is 19.4 Å². The molecule has 184 valence electrons. The Morgan fingerprint density at radius 2 is 1.49 bits per heavy atom. The summed E-state index contributed by atoms with van der Waals surface area (Å²) in [5.41, 5.74) is 4.70. The second-order valence-corrected chi connectivity index (χ2v) is 9.99. The van der Waals surface area contributed by atoms with E-state index in [1.54, 1.807) is 0 Å². The molecule has 3 aliphatic rings. The number of benzene rings is 2. The molecule has 2 saturated carbocycles. The Bertz CT molecular complexity index is 1070. The van der Waals surface area contributed by atoms with Gasteiger partial charge in [0.1, 0.15) is 6.61 Å². The molecule has 35 heavy (non-hydrogen) atoms. The van der Waals surface area contributed by atoms with Gasteiger partial charge in [0.15, 0.2) is 0 Å². The highest BCUT2D eigenvalue weighted by Gasteiger charge is 2.38. The van der Waals surface area contributed by atoms with Crippen LogP contribution in [0.15, 0.2) is 48.5 Å². The molecule has 5 rings (SSSR count). The van der Waals surface area contributed by atoms with Gasteiger partial charge in [0.05, 0.1) is 5.92 Å². The van der Waals surface area contributed by atoms with Crippen molar-refractivity contribution in [2.45, 2.75) is 50.5 Å². The van der Waals surface area contributed by atoms with E-state index in [0.717, 1.165) is 25.7 Å². The molecule has 4 atom stereocenters. The first-order valence-electron chi connectivity index (χ1n) is 12.6. The average molecular weight is 477 g/mol. The zero-order valence-electron chi connectivity index (χ0n) is 19.7. The van der Waals surface area contributed by atoms with Gasteiger partial charge in [-0.1, -0.05) is 61.4 Å². The molecule has 3 N–H and O–H groups in total. The molecule has 0 aromatic heterocycles. The van der Waals surface area contributed by atoms with Crippen molar-refractivity contribution in [2.24, 2.45) is 17.8 Å². The minimum Gasteiger partial charge on any atom is -0.481 e. The Morgan fingerprint density at radius 3 is 2.17 bits per heavy atom. The van der Waals surface area contributed by atoms with E-state index in [1.165, 1.54) is 22.3 Å². The van der Waals surface area contributed by atoms with E-state index >= 15 is 0 Å². The Balaban J connectivity index is 1.14. The maximum Gasteiger partial charge on any atom is 0.407 e. The van der Waals surface area contributed by atoms with E-state index in [9.17, 15) is 19.5 Å². The minimum absolute atomic E-state index is 0.00625. The molecule has 0 aliphatic heterocycles. The van der Waals surface area contributed by atoms with Gasteiger partial charge in [-0.15, -0.1) is 0 Å². The summed E-state index contributed by atoms with van der Waals surface area (Å²) in [6, 6.07) is 16.1. The van der Waals surface area contributed by atoms with Crippen LogP contribution in [0.4, 0.5) is 4.79 Å². The third-order valence-corrected chi connectivity index (χ3v) is 8.01. The molecule has 2 fully saturated rings. The van der Waals surface area contributed by atoms with Crippen molar-refractivity contribution in [3.63, 3.8) is 0 Å². The van der Waals surface area contributed by atoms with Crippen LogP contribution in [0.5, 0.6) is 0 Å². The van der Waals surface area contributed by atoms with Gasteiger partial charge in [-0.25, -0.2) is 4.79 Å². The van der Waals surface area contributed by atoms with Crippen molar-refractivity contribution in [2.75, 3.05) is 13.2 Å². The Hall–Kier alpha value is -3.35. The number of carbonyl (C=O) groups excluding carboxylic acids is 2. The predicted molar refractivity (Wildman–Crippen MR) is 131 cm³/mol.